The number of benzene rings is 1. The molecule has 1 aliphatic rings. The SMILES string of the molecule is Cc1ccc(C(O)(C(N)=O)C(F)(F)F)cc1-c1cnc(N)c(N2CCN(CCC#N)CC2)n1.O=C(O)C(F)(F)F. The number of carbonyl (C=O) groups is 2. The molecule has 1 aromatic heterocycles. The topological polar surface area (TPSA) is 183 Å². The standard InChI is InChI=1S/C21H24F3N7O2.C2HF3O2/c1-13-3-4-14(20(33,19(27)32)21(22,23)24)11-15(13)16-12-28-17(26)18(29-16)31-9-7-30(8-10-31)6-2-5-25;3-2(4,5)1(6)7/h3-4,11-12,33H,2,6-10H2,1H3,(H2,26,28)(H2,27,32);(H,6,7). The largest absolute Gasteiger partial charge is 0.490 e. The molecule has 2 heterocycles. The molecule has 1 atom stereocenters. The van der Waals surface area contributed by atoms with Crippen LogP contribution in [0.2, 0.25) is 0 Å². The molecule has 1 saturated heterocycles. The molecule has 1 unspecified atom stereocenters. The van der Waals surface area contributed by atoms with Crippen molar-refractivity contribution in [1.29, 1.82) is 5.26 Å². The van der Waals surface area contributed by atoms with E-state index >= 15 is 0 Å². The Hall–Kier alpha value is -4.17. The second kappa shape index (κ2) is 12.3. The number of halogens is 6. The number of nitrogens with two attached hydrogens (primary N) is 2. The second-order valence-electron chi connectivity index (χ2n) is 8.61. The molecule has 0 bridgehead atoms. The lowest BCUT2D eigenvalue weighted by Gasteiger charge is -2.35. The summed E-state index contributed by atoms with van der Waals surface area (Å²) in [5, 5.41) is 26.0. The number of carboxylic acid groups (broad SMARTS) is 1. The number of carbonyl (C=O) groups excluding carboxylic acids is 1. The first-order chi connectivity index (χ1) is 18.4. The van der Waals surface area contributed by atoms with Crippen molar-refractivity contribution in [2.75, 3.05) is 43.4 Å². The summed E-state index contributed by atoms with van der Waals surface area (Å²) in [7, 11) is 0. The molecule has 1 aromatic carbocycles. The predicted molar refractivity (Wildman–Crippen MR) is 128 cm³/mol. The summed E-state index contributed by atoms with van der Waals surface area (Å²) in [6, 6.07) is 5.50. The van der Waals surface area contributed by atoms with Crippen molar-refractivity contribution in [3.8, 4) is 17.3 Å². The number of nitrogens with zero attached hydrogens (tertiary/aromatic N) is 5. The van der Waals surface area contributed by atoms with E-state index in [1.54, 1.807) is 6.92 Å². The number of alkyl halides is 6. The molecule has 218 valence electrons. The number of aromatic nitrogens is 2. The van der Waals surface area contributed by atoms with Crippen molar-refractivity contribution >= 4 is 23.5 Å². The van der Waals surface area contributed by atoms with E-state index in [4.69, 9.17) is 26.6 Å². The zero-order valence-corrected chi connectivity index (χ0v) is 20.9. The molecule has 17 heteroatoms. The number of piperazine rings is 1. The smallest absolute Gasteiger partial charge is 0.475 e. The Bertz CT molecular complexity index is 1270. The highest BCUT2D eigenvalue weighted by Crippen LogP contribution is 2.40. The van der Waals surface area contributed by atoms with Crippen molar-refractivity contribution in [2.24, 2.45) is 5.73 Å². The van der Waals surface area contributed by atoms with Gasteiger partial charge in [-0.1, -0.05) is 12.1 Å². The van der Waals surface area contributed by atoms with E-state index in [2.05, 4.69) is 20.9 Å². The molecule has 3 rings (SSSR count). The van der Waals surface area contributed by atoms with Gasteiger partial charge in [-0.25, -0.2) is 14.8 Å². The highest BCUT2D eigenvalue weighted by molar-refractivity contribution is 5.86. The molecule has 40 heavy (non-hydrogen) atoms. The first-order valence-corrected chi connectivity index (χ1v) is 11.4. The summed E-state index contributed by atoms with van der Waals surface area (Å²) in [6.07, 6.45) is -8.64. The van der Waals surface area contributed by atoms with Crippen LogP contribution in [0.3, 0.4) is 0 Å². The third kappa shape index (κ3) is 7.27. The summed E-state index contributed by atoms with van der Waals surface area (Å²) >= 11 is 0. The van der Waals surface area contributed by atoms with Gasteiger partial charge in [0.25, 0.3) is 11.5 Å². The monoisotopic (exact) mass is 577 g/mol. The number of anilines is 2. The maximum absolute atomic E-state index is 13.5. The summed E-state index contributed by atoms with van der Waals surface area (Å²) in [5.41, 5.74) is 7.42. The fourth-order valence-electron chi connectivity index (χ4n) is 3.71. The Kier molecular flexibility index (Phi) is 9.89. The number of aliphatic carboxylic acids is 1. The van der Waals surface area contributed by atoms with Gasteiger partial charge in [-0.05, 0) is 18.6 Å². The molecule has 6 N–H and O–H groups in total. The van der Waals surface area contributed by atoms with Crippen LogP contribution in [0.4, 0.5) is 38.0 Å². The molecule has 1 amide bonds. The van der Waals surface area contributed by atoms with Crippen molar-refractivity contribution in [3.63, 3.8) is 0 Å². The lowest BCUT2D eigenvalue weighted by molar-refractivity contribution is -0.255. The molecule has 11 nitrogen and oxygen atoms in total. The van der Waals surface area contributed by atoms with Gasteiger partial charge in [0.15, 0.2) is 11.6 Å². The minimum absolute atomic E-state index is 0.168. The van der Waals surface area contributed by atoms with E-state index in [1.165, 1.54) is 12.3 Å². The molecule has 0 aliphatic carbocycles. The minimum atomic E-state index is -5.31. The fraction of sp³-hybridized carbons (Fsp3) is 0.435. The lowest BCUT2D eigenvalue weighted by atomic mass is 9.89. The van der Waals surface area contributed by atoms with Gasteiger partial charge in [-0.15, -0.1) is 0 Å². The van der Waals surface area contributed by atoms with Crippen molar-refractivity contribution < 1.29 is 46.1 Å². The van der Waals surface area contributed by atoms with Crippen LogP contribution in [0.15, 0.2) is 24.4 Å². The van der Waals surface area contributed by atoms with Gasteiger partial charge < -0.3 is 26.6 Å². The van der Waals surface area contributed by atoms with Crippen molar-refractivity contribution in [2.45, 2.75) is 31.3 Å². The Labute approximate surface area is 223 Å². The number of hydrogen-bond acceptors (Lipinski definition) is 9. The van der Waals surface area contributed by atoms with Crippen LogP contribution in [0.5, 0.6) is 0 Å². The molecule has 1 fully saturated rings. The van der Waals surface area contributed by atoms with Gasteiger partial charge in [0.2, 0.25) is 0 Å². The van der Waals surface area contributed by atoms with Crippen molar-refractivity contribution in [3.05, 3.63) is 35.5 Å². The molecule has 0 spiro atoms. The predicted octanol–water partition coefficient (Wildman–Crippen LogP) is 1.94. The maximum atomic E-state index is 13.5. The highest BCUT2D eigenvalue weighted by Gasteiger charge is 2.60. The van der Waals surface area contributed by atoms with Gasteiger partial charge in [0.05, 0.1) is 18.0 Å². The first-order valence-electron chi connectivity index (χ1n) is 11.4. The Balaban J connectivity index is 0.000000708. The minimum Gasteiger partial charge on any atom is -0.475 e. The van der Waals surface area contributed by atoms with Crippen LogP contribution in [-0.2, 0) is 15.2 Å². The Morgan fingerprint density at radius 1 is 1.12 bits per heavy atom. The number of aryl methyl sites for hydroxylation is 1. The fourth-order valence-corrected chi connectivity index (χ4v) is 3.71. The van der Waals surface area contributed by atoms with E-state index < -0.39 is 35.4 Å². The number of amides is 1. The first kappa shape index (κ1) is 32.0. The molecule has 2 aromatic rings. The zero-order chi connectivity index (χ0) is 30.5. The van der Waals surface area contributed by atoms with Gasteiger partial charge >= 0.3 is 18.3 Å². The van der Waals surface area contributed by atoms with E-state index in [1.807, 2.05) is 4.90 Å². The maximum Gasteiger partial charge on any atom is 0.490 e. The number of hydrogen-bond donors (Lipinski definition) is 4. The van der Waals surface area contributed by atoms with E-state index in [9.17, 15) is 36.2 Å². The third-order valence-corrected chi connectivity index (χ3v) is 5.93. The number of primary amides is 1. The quantitative estimate of drug-likeness (QED) is 0.370. The summed E-state index contributed by atoms with van der Waals surface area (Å²) < 4.78 is 72.3. The van der Waals surface area contributed by atoms with Gasteiger partial charge in [-0.3, -0.25) is 9.69 Å². The average molecular weight is 577 g/mol. The number of rotatable bonds is 6. The number of nitrogen functional groups attached to an aromatic ring is 1. The molecular formula is C23H25F6N7O4. The third-order valence-electron chi connectivity index (χ3n) is 5.93. The van der Waals surface area contributed by atoms with Gasteiger partial charge in [0.1, 0.15) is 0 Å². The van der Waals surface area contributed by atoms with Gasteiger partial charge in [-0.2, -0.15) is 31.6 Å². The molecule has 1 aliphatic heterocycles. The number of aliphatic hydroxyl groups is 1. The van der Waals surface area contributed by atoms with Crippen molar-refractivity contribution in [1.82, 2.24) is 14.9 Å². The second-order valence-corrected chi connectivity index (χ2v) is 8.61. The lowest BCUT2D eigenvalue weighted by Crippen LogP contribution is -2.52. The van der Waals surface area contributed by atoms with Crippen LogP contribution in [-0.4, -0.2) is 82.0 Å². The Morgan fingerprint density at radius 3 is 2.17 bits per heavy atom. The van der Waals surface area contributed by atoms with Crippen LogP contribution < -0.4 is 16.4 Å². The normalized spacial score (nSPS) is 15.8. The summed E-state index contributed by atoms with van der Waals surface area (Å²) in [6.45, 7) is 4.88. The van der Waals surface area contributed by atoms with E-state index in [-0.39, 0.29) is 17.1 Å². The van der Waals surface area contributed by atoms with Crippen LogP contribution in [0.25, 0.3) is 11.3 Å². The zero-order valence-electron chi connectivity index (χ0n) is 20.9. The molecule has 0 radical (unpaired) electrons. The number of carboxylic acids is 1. The van der Waals surface area contributed by atoms with Crippen LogP contribution in [0.1, 0.15) is 17.5 Å². The van der Waals surface area contributed by atoms with Crippen LogP contribution >= 0.6 is 0 Å². The molecule has 0 saturated carbocycles. The van der Waals surface area contributed by atoms with Crippen LogP contribution in [0, 0.1) is 18.3 Å². The van der Waals surface area contributed by atoms with E-state index in [0.29, 0.717) is 50.5 Å². The average Bonchev–Trinajstić information content (AvgIpc) is 2.87. The van der Waals surface area contributed by atoms with Gasteiger partial charge in [0, 0.05) is 50.3 Å². The number of nitriles is 1. The Morgan fingerprint density at radius 2 is 1.70 bits per heavy atom. The molecular weight excluding hydrogens is 552 g/mol. The van der Waals surface area contributed by atoms with E-state index in [0.717, 1.165) is 12.1 Å². The highest BCUT2D eigenvalue weighted by atomic mass is 19.4. The summed E-state index contributed by atoms with van der Waals surface area (Å²) in [5.74, 6) is -4.13. The summed E-state index contributed by atoms with van der Waals surface area (Å²) in [4.78, 5) is 33.2.